The summed E-state index contributed by atoms with van der Waals surface area (Å²) >= 11 is 6.23. The number of imidazole rings is 1. The van der Waals surface area contributed by atoms with Crippen molar-refractivity contribution in [3.05, 3.63) is 70.9 Å². The van der Waals surface area contributed by atoms with Crippen molar-refractivity contribution in [2.24, 2.45) is 0 Å². The van der Waals surface area contributed by atoms with E-state index < -0.39 is 30.3 Å². The Bertz CT molecular complexity index is 1940. The van der Waals surface area contributed by atoms with Crippen molar-refractivity contribution in [3.8, 4) is 23.0 Å². The van der Waals surface area contributed by atoms with Gasteiger partial charge < -0.3 is 25.3 Å². The Balaban J connectivity index is 1.32. The molecule has 3 amide bonds. The van der Waals surface area contributed by atoms with Crippen LogP contribution in [-0.4, -0.2) is 85.4 Å². The fourth-order valence-corrected chi connectivity index (χ4v) is 5.91. The van der Waals surface area contributed by atoms with Crippen LogP contribution in [0.4, 0.5) is 20.6 Å². The fraction of sp³-hybridized carbons (Fsp3) is 0.312. The number of fused-ring (bicyclic) bond motifs is 4. The van der Waals surface area contributed by atoms with Crippen molar-refractivity contribution in [2.75, 3.05) is 30.8 Å². The van der Waals surface area contributed by atoms with Crippen molar-refractivity contribution in [1.29, 1.82) is 5.26 Å². The highest BCUT2D eigenvalue weighted by atomic mass is 35.5. The Morgan fingerprint density at radius 1 is 1.16 bits per heavy atom. The predicted molar refractivity (Wildman–Crippen MR) is 176 cm³/mol. The summed E-state index contributed by atoms with van der Waals surface area (Å²) in [5.74, 6) is -0.314. The number of likely N-dealkylation sites (tertiary alicyclic amines) is 1. The molecular formula is C32H31ClFN11O4. The number of rotatable bonds is 6. The topological polar surface area (TPSA) is 196 Å². The molecule has 2 aromatic carbocycles. The molecule has 0 saturated carbocycles. The first-order valence-corrected chi connectivity index (χ1v) is 15.8. The van der Waals surface area contributed by atoms with Gasteiger partial charge in [0.15, 0.2) is 5.69 Å². The number of nitriles is 1. The number of H-pyrrole nitrogens is 1. The smallest absolute Gasteiger partial charge is 0.411 e. The number of alkyl halides is 1. The van der Waals surface area contributed by atoms with Crippen LogP contribution in [0.25, 0.3) is 23.0 Å². The van der Waals surface area contributed by atoms with E-state index in [0.29, 0.717) is 70.4 Å². The van der Waals surface area contributed by atoms with E-state index in [1.54, 1.807) is 42.5 Å². The largest absolute Gasteiger partial charge is 0.453 e. The number of nitrogens with zero attached hydrogens (tertiary/aromatic N) is 7. The van der Waals surface area contributed by atoms with Gasteiger partial charge in [-0.2, -0.15) is 9.94 Å². The molecule has 2 bridgehead atoms. The lowest BCUT2D eigenvalue weighted by molar-refractivity contribution is -0.139. The Morgan fingerprint density at radius 3 is 2.71 bits per heavy atom. The van der Waals surface area contributed by atoms with Crippen LogP contribution in [0.1, 0.15) is 48.8 Å². The third-order valence-electron chi connectivity index (χ3n) is 8.21. The molecule has 0 unspecified atom stereocenters. The highest BCUT2D eigenvalue weighted by Crippen LogP contribution is 2.35. The monoisotopic (exact) mass is 687 g/mol. The Hall–Kier alpha value is -5.82. The van der Waals surface area contributed by atoms with Gasteiger partial charge in [0.1, 0.15) is 30.4 Å². The minimum Gasteiger partial charge on any atom is -0.453 e. The third kappa shape index (κ3) is 7.52. The second-order valence-corrected chi connectivity index (χ2v) is 11.9. The zero-order valence-corrected chi connectivity index (χ0v) is 26.9. The highest BCUT2D eigenvalue weighted by Gasteiger charge is 2.35. The number of anilines is 2. The Morgan fingerprint density at radius 2 is 1.98 bits per heavy atom. The molecule has 2 atom stereocenters. The second kappa shape index (κ2) is 14.5. The standard InChI is InChI=1S/C32H31ClFN11O4/c1-49-32(48)37-21-8-9-22-25(13-21)38-24(31(47)44-15-20(34)16-44)5-3-2-4-23(30-40-26(14-35)29(22)41-30)39-28(46)11-6-18-12-19(33)7-10-27(18)45-17-36-42-43-45/h6-13,17,20,23-24,38H,2-5,15-16H2,1H3,(H,37,48)(H,39,46)(H,40,41)/b11-6+/t23-,24+/m0/s1. The number of aromatic amines is 1. The van der Waals surface area contributed by atoms with Gasteiger partial charge in [-0.25, -0.2) is 14.2 Å². The van der Waals surface area contributed by atoms with Crippen LogP contribution in [-0.2, 0) is 14.3 Å². The van der Waals surface area contributed by atoms with Crippen molar-refractivity contribution in [3.63, 3.8) is 0 Å². The van der Waals surface area contributed by atoms with Crippen LogP contribution >= 0.6 is 11.6 Å². The molecule has 4 N–H and O–H groups in total. The SMILES string of the molecule is COC(=O)Nc1ccc2c(c1)N[C@@H](C(=O)N1CC(F)C1)CCCC[C@H](NC(=O)/C=C/c1cc(Cl)ccc1-n1cnnn1)c1nc(C#N)c-2[nH]1. The number of aromatic nitrogens is 6. The first-order valence-electron chi connectivity index (χ1n) is 15.4. The number of carbonyl (C=O) groups excluding carboxylic acids is 3. The normalized spacial score (nSPS) is 17.8. The fourth-order valence-electron chi connectivity index (χ4n) is 5.73. The molecule has 17 heteroatoms. The summed E-state index contributed by atoms with van der Waals surface area (Å²) in [4.78, 5) is 48.0. The molecular weight excluding hydrogens is 657 g/mol. The molecule has 0 aliphatic carbocycles. The van der Waals surface area contributed by atoms with Gasteiger partial charge in [-0.1, -0.05) is 24.4 Å². The number of halogens is 2. The lowest BCUT2D eigenvalue weighted by Crippen LogP contribution is -2.56. The average molecular weight is 688 g/mol. The summed E-state index contributed by atoms with van der Waals surface area (Å²) in [7, 11) is 1.24. The summed E-state index contributed by atoms with van der Waals surface area (Å²) in [6, 6.07) is 10.8. The molecule has 1 fully saturated rings. The van der Waals surface area contributed by atoms with Crippen LogP contribution < -0.4 is 16.0 Å². The molecule has 252 valence electrons. The van der Waals surface area contributed by atoms with Gasteiger partial charge in [0.25, 0.3) is 0 Å². The van der Waals surface area contributed by atoms with Gasteiger partial charge in [-0.05, 0) is 65.7 Å². The van der Waals surface area contributed by atoms with E-state index >= 15 is 0 Å². The maximum atomic E-state index is 13.7. The van der Waals surface area contributed by atoms with E-state index in [9.17, 15) is 24.0 Å². The van der Waals surface area contributed by atoms with E-state index in [-0.39, 0.29) is 24.7 Å². The summed E-state index contributed by atoms with van der Waals surface area (Å²) in [6.45, 7) is 0.0364. The van der Waals surface area contributed by atoms with E-state index in [0.717, 1.165) is 0 Å². The van der Waals surface area contributed by atoms with Gasteiger partial charge >= 0.3 is 6.09 Å². The number of methoxy groups -OCH3 is 1. The molecule has 4 aromatic rings. The molecule has 4 heterocycles. The molecule has 6 rings (SSSR count). The number of hydrogen-bond donors (Lipinski definition) is 4. The lowest BCUT2D eigenvalue weighted by Gasteiger charge is -2.37. The van der Waals surface area contributed by atoms with Gasteiger partial charge in [0.2, 0.25) is 11.8 Å². The number of ether oxygens (including phenoxy) is 1. The quantitative estimate of drug-likeness (QED) is 0.214. The van der Waals surface area contributed by atoms with E-state index in [4.69, 9.17) is 16.3 Å². The lowest BCUT2D eigenvalue weighted by atomic mass is 10.00. The summed E-state index contributed by atoms with van der Waals surface area (Å²) in [5.41, 5.74) is 2.93. The molecule has 49 heavy (non-hydrogen) atoms. The predicted octanol–water partition coefficient (Wildman–Crippen LogP) is 4.16. The molecule has 2 aromatic heterocycles. The van der Waals surface area contributed by atoms with Crippen molar-refractivity contribution in [2.45, 2.75) is 43.9 Å². The first kappa shape index (κ1) is 33.1. The maximum absolute atomic E-state index is 13.7. The van der Waals surface area contributed by atoms with E-state index in [1.807, 2.05) is 0 Å². The van der Waals surface area contributed by atoms with E-state index in [2.05, 4.69) is 47.5 Å². The number of nitrogens with one attached hydrogen (secondary N) is 4. The molecule has 2 aliphatic rings. The summed E-state index contributed by atoms with van der Waals surface area (Å²) in [5, 5.41) is 30.7. The molecule has 0 spiro atoms. The van der Waals surface area contributed by atoms with Gasteiger partial charge in [0, 0.05) is 33.6 Å². The summed E-state index contributed by atoms with van der Waals surface area (Å²) in [6.07, 6.45) is 4.63. The number of hydrogen-bond acceptors (Lipinski definition) is 10. The van der Waals surface area contributed by atoms with Crippen molar-refractivity contribution in [1.82, 2.24) is 40.4 Å². The molecule has 0 radical (unpaired) electrons. The highest BCUT2D eigenvalue weighted by molar-refractivity contribution is 6.30. The zero-order valence-electron chi connectivity index (χ0n) is 26.2. The first-order chi connectivity index (χ1) is 23.7. The molecule has 2 aliphatic heterocycles. The van der Waals surface area contributed by atoms with Gasteiger partial charge in [0.05, 0.1) is 37.6 Å². The van der Waals surface area contributed by atoms with Crippen molar-refractivity contribution >= 4 is 47.0 Å². The average Bonchev–Trinajstić information content (AvgIpc) is 3.77. The van der Waals surface area contributed by atoms with Crippen LogP contribution in [0.3, 0.4) is 0 Å². The number of carbonyl (C=O) groups is 3. The Kier molecular flexibility index (Phi) is 9.81. The number of amides is 3. The molecule has 1 saturated heterocycles. The van der Waals surface area contributed by atoms with Gasteiger partial charge in [-0.3, -0.25) is 14.9 Å². The van der Waals surface area contributed by atoms with Crippen LogP contribution in [0.2, 0.25) is 5.02 Å². The maximum Gasteiger partial charge on any atom is 0.411 e. The van der Waals surface area contributed by atoms with Gasteiger partial charge in [-0.15, -0.1) is 5.10 Å². The summed E-state index contributed by atoms with van der Waals surface area (Å²) < 4.78 is 19.9. The van der Waals surface area contributed by atoms with Crippen LogP contribution in [0, 0.1) is 11.3 Å². The minimum atomic E-state index is -1.07. The van der Waals surface area contributed by atoms with E-state index in [1.165, 1.54) is 29.1 Å². The third-order valence-corrected chi connectivity index (χ3v) is 8.44. The van der Waals surface area contributed by atoms with Crippen molar-refractivity contribution < 1.29 is 23.5 Å². The zero-order chi connectivity index (χ0) is 34.5. The number of tetrazole rings is 1. The molecule has 15 nitrogen and oxygen atoms in total. The van der Waals surface area contributed by atoms with Crippen LogP contribution in [0.15, 0.2) is 48.8 Å². The second-order valence-electron chi connectivity index (χ2n) is 11.5. The van der Waals surface area contributed by atoms with Crippen LogP contribution in [0.5, 0.6) is 0 Å². The number of benzene rings is 2. The Labute approximate surface area is 284 Å². The minimum absolute atomic E-state index is 0.0182.